The van der Waals surface area contributed by atoms with Gasteiger partial charge in [0.25, 0.3) is 10.0 Å². The van der Waals surface area contributed by atoms with Gasteiger partial charge in [-0.25, -0.2) is 21.6 Å². The molecular weight excluding hydrogens is 342 g/mol. The van der Waals surface area contributed by atoms with Crippen LogP contribution >= 0.6 is 11.3 Å². The first-order valence-corrected chi connectivity index (χ1v) is 9.98. The number of rotatable bonds is 7. The maximum Gasteiger partial charge on any atom is 0.304 e. The summed E-state index contributed by atoms with van der Waals surface area (Å²) in [4.78, 5) is 10.1. The van der Waals surface area contributed by atoms with Gasteiger partial charge in [0.1, 0.15) is 14.0 Å². The molecular formula is C9H15N3O6S3. The van der Waals surface area contributed by atoms with Crippen molar-refractivity contribution in [2.24, 2.45) is 0 Å². The smallest absolute Gasteiger partial charge is 0.304 e. The average molecular weight is 357 g/mol. The van der Waals surface area contributed by atoms with Crippen molar-refractivity contribution in [2.75, 3.05) is 24.4 Å². The van der Waals surface area contributed by atoms with Crippen molar-refractivity contribution >= 4 is 41.9 Å². The first kappa shape index (κ1) is 17.8. The highest BCUT2D eigenvalue weighted by Gasteiger charge is 2.27. The molecule has 9 nitrogen and oxygen atoms in total. The van der Waals surface area contributed by atoms with Crippen molar-refractivity contribution in [3.8, 4) is 0 Å². The molecule has 12 heteroatoms. The summed E-state index contributed by atoms with van der Waals surface area (Å²) in [5.74, 6) is -0.363. The van der Waals surface area contributed by atoms with Crippen LogP contribution in [0, 0.1) is 10.1 Å². The van der Waals surface area contributed by atoms with Crippen LogP contribution in [0.15, 0.2) is 10.3 Å². The molecule has 1 aromatic heterocycles. The van der Waals surface area contributed by atoms with Crippen molar-refractivity contribution in [2.45, 2.75) is 17.2 Å². The predicted molar refractivity (Wildman–Crippen MR) is 80.0 cm³/mol. The Labute approximate surface area is 126 Å². The first-order valence-electron chi connectivity index (χ1n) is 5.62. The third-order valence-corrected chi connectivity index (χ3v) is 6.60. The van der Waals surface area contributed by atoms with E-state index in [1.807, 2.05) is 0 Å². The quantitative estimate of drug-likeness (QED) is 0.533. The lowest BCUT2D eigenvalue weighted by molar-refractivity contribution is -0.383. The Balaban J connectivity index is 3.06. The predicted octanol–water partition coefficient (Wildman–Crippen LogP) is 0.409. The molecule has 0 fully saturated rings. The van der Waals surface area contributed by atoms with Crippen LogP contribution in [0.25, 0.3) is 0 Å². The summed E-state index contributed by atoms with van der Waals surface area (Å²) in [6.07, 6.45) is 0.993. The fraction of sp³-hybridized carbons (Fsp3) is 0.556. The van der Waals surface area contributed by atoms with Gasteiger partial charge in [0.05, 0.1) is 10.7 Å². The van der Waals surface area contributed by atoms with Gasteiger partial charge in [0.15, 0.2) is 5.00 Å². The molecule has 0 aliphatic rings. The molecule has 120 valence electrons. The zero-order chi connectivity index (χ0) is 16.4. The zero-order valence-corrected chi connectivity index (χ0v) is 13.9. The molecule has 1 heterocycles. The summed E-state index contributed by atoms with van der Waals surface area (Å²) in [5.41, 5.74) is -0.348. The van der Waals surface area contributed by atoms with Gasteiger partial charge in [-0.1, -0.05) is 11.3 Å². The maximum absolute atomic E-state index is 12.1. The van der Waals surface area contributed by atoms with Crippen molar-refractivity contribution in [3.05, 3.63) is 16.2 Å². The Morgan fingerprint density at radius 1 is 1.38 bits per heavy atom. The lowest BCUT2D eigenvalue weighted by atomic mass is 10.4. The Morgan fingerprint density at radius 3 is 2.33 bits per heavy atom. The van der Waals surface area contributed by atoms with Crippen LogP contribution in [0.2, 0.25) is 0 Å². The summed E-state index contributed by atoms with van der Waals surface area (Å²) in [6, 6.07) is 0.0932. The Hall–Kier alpha value is -1.24. The van der Waals surface area contributed by atoms with E-state index in [0.717, 1.165) is 12.3 Å². The second kappa shape index (κ2) is 6.25. The van der Waals surface area contributed by atoms with E-state index in [1.165, 1.54) is 14.0 Å². The number of sulfone groups is 1. The summed E-state index contributed by atoms with van der Waals surface area (Å²) >= 11 is 0.702. The molecule has 0 aliphatic heterocycles. The highest BCUT2D eigenvalue weighted by molar-refractivity contribution is 7.92. The standard InChI is InChI=1S/C9H15N3O6S3/c1-6(5-20(3,15)16)11-21(17,18)8-4-7(12(13)14)9(10-2)19-8/h4,6,10-11H,5H2,1-3H3. The van der Waals surface area contributed by atoms with Crippen LogP contribution in [-0.4, -0.2) is 46.9 Å². The molecule has 0 amide bonds. The number of sulfonamides is 1. The Morgan fingerprint density at radius 2 is 1.95 bits per heavy atom. The van der Waals surface area contributed by atoms with E-state index in [9.17, 15) is 26.9 Å². The number of hydrogen-bond acceptors (Lipinski definition) is 8. The number of nitrogens with zero attached hydrogens (tertiary/aromatic N) is 1. The number of anilines is 1. The molecule has 0 saturated carbocycles. The molecule has 0 aliphatic carbocycles. The Bertz CT molecular complexity index is 737. The minimum atomic E-state index is -4.02. The minimum absolute atomic E-state index is 0.108. The second-order valence-corrected chi connectivity index (χ2v) is 9.58. The summed E-state index contributed by atoms with van der Waals surface area (Å²) < 4.78 is 48.4. The number of nitro groups is 1. The minimum Gasteiger partial charge on any atom is -0.374 e. The van der Waals surface area contributed by atoms with E-state index in [1.54, 1.807) is 0 Å². The molecule has 1 unspecified atom stereocenters. The van der Waals surface area contributed by atoms with Gasteiger partial charge in [0, 0.05) is 25.4 Å². The van der Waals surface area contributed by atoms with Crippen LogP contribution < -0.4 is 10.0 Å². The number of hydrogen-bond donors (Lipinski definition) is 2. The highest BCUT2D eigenvalue weighted by Crippen LogP contribution is 2.36. The first-order chi connectivity index (χ1) is 9.46. The van der Waals surface area contributed by atoms with Gasteiger partial charge >= 0.3 is 5.69 Å². The van der Waals surface area contributed by atoms with Crippen molar-refractivity contribution < 1.29 is 21.8 Å². The van der Waals surface area contributed by atoms with Gasteiger partial charge in [-0.3, -0.25) is 10.1 Å². The summed E-state index contributed by atoms with van der Waals surface area (Å²) in [7, 11) is -5.92. The molecule has 0 saturated heterocycles. The third-order valence-electron chi connectivity index (χ3n) is 2.29. The van der Waals surface area contributed by atoms with E-state index in [4.69, 9.17) is 0 Å². The maximum atomic E-state index is 12.1. The number of thiophene rings is 1. The van der Waals surface area contributed by atoms with Gasteiger partial charge in [0.2, 0.25) is 0 Å². The van der Waals surface area contributed by atoms with E-state index in [-0.39, 0.29) is 20.7 Å². The topological polar surface area (TPSA) is 135 Å². The second-order valence-electron chi connectivity index (χ2n) is 4.40. The number of nitrogens with one attached hydrogen (secondary N) is 2. The lowest BCUT2D eigenvalue weighted by Gasteiger charge is -2.11. The SMILES string of the molecule is CNc1sc(S(=O)(=O)NC(C)CS(C)(=O)=O)cc1[N+](=O)[O-]. The van der Waals surface area contributed by atoms with Crippen molar-refractivity contribution in [1.29, 1.82) is 0 Å². The zero-order valence-electron chi connectivity index (χ0n) is 11.5. The van der Waals surface area contributed by atoms with Crippen LogP contribution in [0.5, 0.6) is 0 Å². The van der Waals surface area contributed by atoms with Crippen molar-refractivity contribution in [3.63, 3.8) is 0 Å². The van der Waals surface area contributed by atoms with Gasteiger partial charge in [-0.05, 0) is 6.92 Å². The average Bonchev–Trinajstić information content (AvgIpc) is 2.69. The van der Waals surface area contributed by atoms with E-state index in [0.29, 0.717) is 11.3 Å². The van der Waals surface area contributed by atoms with E-state index >= 15 is 0 Å². The lowest BCUT2D eigenvalue weighted by Crippen LogP contribution is -2.36. The molecule has 0 spiro atoms. The Kier molecular flexibility index (Phi) is 5.30. The molecule has 2 N–H and O–H groups in total. The van der Waals surface area contributed by atoms with E-state index in [2.05, 4.69) is 10.0 Å². The van der Waals surface area contributed by atoms with Gasteiger partial charge < -0.3 is 5.32 Å². The van der Waals surface area contributed by atoms with Crippen LogP contribution in [-0.2, 0) is 19.9 Å². The third kappa shape index (κ3) is 4.91. The monoisotopic (exact) mass is 357 g/mol. The fourth-order valence-corrected chi connectivity index (χ4v) is 5.26. The highest BCUT2D eigenvalue weighted by atomic mass is 32.2. The normalized spacial score (nSPS) is 13.9. The summed E-state index contributed by atoms with van der Waals surface area (Å²) in [6.45, 7) is 1.40. The van der Waals surface area contributed by atoms with Crippen molar-refractivity contribution in [1.82, 2.24) is 4.72 Å². The fourth-order valence-electron chi connectivity index (χ4n) is 1.62. The van der Waals surface area contributed by atoms with Crippen LogP contribution in [0.1, 0.15) is 6.92 Å². The molecule has 0 radical (unpaired) electrons. The van der Waals surface area contributed by atoms with Gasteiger partial charge in [-0.15, -0.1) is 0 Å². The molecule has 1 atom stereocenters. The van der Waals surface area contributed by atoms with Gasteiger partial charge in [-0.2, -0.15) is 0 Å². The molecule has 1 aromatic rings. The van der Waals surface area contributed by atoms with Crippen LogP contribution in [0.4, 0.5) is 10.7 Å². The van der Waals surface area contributed by atoms with Crippen LogP contribution in [0.3, 0.4) is 0 Å². The molecule has 0 bridgehead atoms. The summed E-state index contributed by atoms with van der Waals surface area (Å²) in [5, 5.41) is 13.5. The largest absolute Gasteiger partial charge is 0.374 e. The van der Waals surface area contributed by atoms with E-state index < -0.39 is 30.8 Å². The molecule has 21 heavy (non-hydrogen) atoms. The molecule has 1 rings (SSSR count). The molecule has 0 aromatic carbocycles.